The standard InChI is InChI=1S/C31H27N3O6S2/c1-21-7-15-26(16-8-21)41(37)19-25(20-42(38,39)27-17-9-22(2)10-18-27)30(35)23-11-13-24(14-12-23)31(36)40-34-29-6-4-3-5-28(29)32-33-34/h3-18,25H,19-20H2,1-2H3. The van der Waals surface area contributed by atoms with Crippen LogP contribution in [-0.2, 0) is 21.0 Å². The molecular weight excluding hydrogens is 574 g/mol. The minimum Gasteiger partial charge on any atom is -0.611 e. The average molecular weight is 602 g/mol. The maximum absolute atomic E-state index is 13.7. The number of carbonyl (C=O) groups excluding carboxylic acids is 2. The van der Waals surface area contributed by atoms with Crippen molar-refractivity contribution >= 4 is 43.8 Å². The highest BCUT2D eigenvalue weighted by atomic mass is 32.2. The topological polar surface area (TPSA) is 131 Å². The van der Waals surface area contributed by atoms with Gasteiger partial charge in [-0.25, -0.2) is 13.2 Å². The summed E-state index contributed by atoms with van der Waals surface area (Å²) in [7, 11) is -3.88. The van der Waals surface area contributed by atoms with Gasteiger partial charge in [0.25, 0.3) is 0 Å². The lowest BCUT2D eigenvalue weighted by Gasteiger charge is -2.19. The highest BCUT2D eigenvalue weighted by molar-refractivity contribution is 7.92. The van der Waals surface area contributed by atoms with E-state index in [2.05, 4.69) is 10.3 Å². The van der Waals surface area contributed by atoms with Crippen LogP contribution in [0.15, 0.2) is 107 Å². The van der Waals surface area contributed by atoms with Crippen LogP contribution in [0.5, 0.6) is 0 Å². The smallest absolute Gasteiger partial charge is 0.365 e. The van der Waals surface area contributed by atoms with Gasteiger partial charge in [0.1, 0.15) is 16.8 Å². The summed E-state index contributed by atoms with van der Waals surface area (Å²) in [5.74, 6) is -3.01. The Labute approximate surface area is 246 Å². The van der Waals surface area contributed by atoms with Crippen LogP contribution in [0, 0.1) is 19.8 Å². The molecule has 1 aromatic heterocycles. The molecule has 4 aromatic carbocycles. The second-order valence-corrected chi connectivity index (χ2v) is 13.4. The van der Waals surface area contributed by atoms with Gasteiger partial charge in [0.2, 0.25) is 0 Å². The van der Waals surface area contributed by atoms with E-state index in [4.69, 9.17) is 4.84 Å². The number of rotatable bonds is 10. The van der Waals surface area contributed by atoms with Crippen LogP contribution in [0.1, 0.15) is 31.8 Å². The Morgan fingerprint density at radius 2 is 1.45 bits per heavy atom. The van der Waals surface area contributed by atoms with Gasteiger partial charge in [0, 0.05) is 5.56 Å². The van der Waals surface area contributed by atoms with Gasteiger partial charge in [0.05, 0.1) is 22.1 Å². The molecule has 0 aliphatic rings. The van der Waals surface area contributed by atoms with Gasteiger partial charge >= 0.3 is 5.97 Å². The van der Waals surface area contributed by atoms with E-state index in [0.717, 1.165) is 16.0 Å². The zero-order valence-electron chi connectivity index (χ0n) is 22.8. The van der Waals surface area contributed by atoms with E-state index in [0.29, 0.717) is 15.9 Å². The Morgan fingerprint density at radius 3 is 2.12 bits per heavy atom. The summed E-state index contributed by atoms with van der Waals surface area (Å²) in [5, 5.41) is 7.78. The van der Waals surface area contributed by atoms with E-state index in [1.807, 2.05) is 26.0 Å². The number of fused-ring (bicyclic) bond motifs is 1. The van der Waals surface area contributed by atoms with Crippen LogP contribution in [0.2, 0.25) is 0 Å². The highest BCUT2D eigenvalue weighted by Crippen LogP contribution is 2.23. The normalized spacial score (nSPS) is 13.0. The minimum absolute atomic E-state index is 0.0887. The SMILES string of the molecule is Cc1ccc([S+]([O-])CC(CS(=O)(=O)c2ccc(C)cc2)C(=O)c2ccc(C(=O)On3nnc4ccccc43)cc2)cc1. The average Bonchev–Trinajstić information content (AvgIpc) is 3.39. The molecule has 5 aromatic rings. The second-order valence-electron chi connectivity index (χ2n) is 9.89. The Bertz CT molecular complexity index is 1830. The molecule has 0 saturated carbocycles. The second kappa shape index (κ2) is 12.3. The molecule has 0 N–H and O–H groups in total. The number of ketones is 1. The molecule has 5 rings (SSSR count). The molecule has 0 bridgehead atoms. The number of sulfone groups is 1. The number of benzene rings is 4. The summed E-state index contributed by atoms with van der Waals surface area (Å²) in [6, 6.07) is 26.1. The van der Waals surface area contributed by atoms with E-state index in [1.165, 1.54) is 36.4 Å². The van der Waals surface area contributed by atoms with Crippen LogP contribution in [0.4, 0.5) is 0 Å². The summed E-state index contributed by atoms with van der Waals surface area (Å²) in [5.41, 5.74) is 3.29. The maximum atomic E-state index is 13.7. The number of hydrogen-bond acceptors (Lipinski definition) is 8. The molecule has 0 spiro atoms. The molecule has 0 aliphatic heterocycles. The summed E-state index contributed by atoms with van der Waals surface area (Å²) < 4.78 is 39.9. The molecule has 2 atom stereocenters. The van der Waals surface area contributed by atoms with Crippen molar-refractivity contribution in [3.05, 3.63) is 119 Å². The van der Waals surface area contributed by atoms with Crippen molar-refractivity contribution in [1.29, 1.82) is 0 Å². The number of carbonyl (C=O) groups is 2. The number of aromatic nitrogens is 3. The predicted molar refractivity (Wildman–Crippen MR) is 158 cm³/mol. The first-order valence-corrected chi connectivity index (χ1v) is 16.0. The van der Waals surface area contributed by atoms with Crippen LogP contribution in [0.3, 0.4) is 0 Å². The number of hydrogen-bond donors (Lipinski definition) is 0. The van der Waals surface area contributed by atoms with Crippen molar-refractivity contribution < 1.29 is 27.4 Å². The highest BCUT2D eigenvalue weighted by Gasteiger charge is 2.32. The van der Waals surface area contributed by atoms with Crippen LogP contribution >= 0.6 is 0 Å². The van der Waals surface area contributed by atoms with E-state index in [9.17, 15) is 22.6 Å². The lowest BCUT2D eigenvalue weighted by Crippen LogP contribution is -2.31. The fourth-order valence-corrected chi connectivity index (χ4v) is 7.29. The van der Waals surface area contributed by atoms with Crippen molar-refractivity contribution in [2.24, 2.45) is 5.92 Å². The van der Waals surface area contributed by atoms with Crippen LogP contribution in [0.25, 0.3) is 11.0 Å². The fourth-order valence-electron chi connectivity index (χ4n) is 4.33. The van der Waals surface area contributed by atoms with E-state index in [-0.39, 0.29) is 21.8 Å². The van der Waals surface area contributed by atoms with Gasteiger partial charge in [-0.15, -0.1) is 5.10 Å². The molecule has 214 valence electrons. The Hall–Kier alpha value is -4.32. The van der Waals surface area contributed by atoms with Gasteiger partial charge in [-0.3, -0.25) is 4.79 Å². The fraction of sp³-hybridized carbons (Fsp3) is 0.161. The predicted octanol–water partition coefficient (Wildman–Crippen LogP) is 4.40. The molecule has 0 aliphatic carbocycles. The van der Waals surface area contributed by atoms with Crippen molar-refractivity contribution in [3.8, 4) is 0 Å². The molecule has 1 heterocycles. The molecule has 42 heavy (non-hydrogen) atoms. The summed E-state index contributed by atoms with van der Waals surface area (Å²) in [6.45, 7) is 3.75. The molecule has 0 saturated heterocycles. The van der Waals surface area contributed by atoms with Gasteiger partial charge < -0.3 is 9.39 Å². The lowest BCUT2D eigenvalue weighted by molar-refractivity contribution is 0.0408. The van der Waals surface area contributed by atoms with E-state index >= 15 is 0 Å². The summed E-state index contributed by atoms with van der Waals surface area (Å²) in [4.78, 5) is 33.4. The van der Waals surface area contributed by atoms with Crippen LogP contribution in [-0.4, -0.2) is 51.4 Å². The van der Waals surface area contributed by atoms with Crippen molar-refractivity contribution in [2.45, 2.75) is 23.6 Å². The van der Waals surface area contributed by atoms with Gasteiger partial charge in [-0.1, -0.05) is 64.5 Å². The van der Waals surface area contributed by atoms with Gasteiger partial charge in [0.15, 0.2) is 20.5 Å². The third-order valence-corrected chi connectivity index (χ3v) is 10.0. The maximum Gasteiger partial charge on any atom is 0.365 e. The largest absolute Gasteiger partial charge is 0.611 e. The first-order valence-electron chi connectivity index (χ1n) is 13.0. The summed E-state index contributed by atoms with van der Waals surface area (Å²) in [6.07, 6.45) is 0. The monoisotopic (exact) mass is 601 g/mol. The lowest BCUT2D eigenvalue weighted by atomic mass is 10.00. The molecule has 0 radical (unpaired) electrons. The summed E-state index contributed by atoms with van der Waals surface area (Å²) >= 11 is -1.63. The molecule has 2 unspecified atom stereocenters. The Kier molecular flexibility index (Phi) is 8.53. The van der Waals surface area contributed by atoms with Gasteiger partial charge in [-0.05, 0) is 78.8 Å². The number of para-hydroxylation sites is 1. The number of aryl methyl sites for hydroxylation is 2. The quantitative estimate of drug-likeness (QED) is 0.131. The molecule has 11 heteroatoms. The van der Waals surface area contributed by atoms with Crippen molar-refractivity contribution in [1.82, 2.24) is 15.2 Å². The van der Waals surface area contributed by atoms with Crippen molar-refractivity contribution in [3.63, 3.8) is 0 Å². The first-order chi connectivity index (χ1) is 20.1. The Morgan fingerprint density at radius 1 is 0.857 bits per heavy atom. The van der Waals surface area contributed by atoms with Crippen LogP contribution < -0.4 is 4.84 Å². The molecular formula is C31H27N3O6S2. The van der Waals surface area contributed by atoms with Gasteiger partial charge in [-0.2, -0.15) is 0 Å². The van der Waals surface area contributed by atoms with Crippen molar-refractivity contribution in [2.75, 3.05) is 11.5 Å². The van der Waals surface area contributed by atoms with E-state index < -0.39 is 44.4 Å². The number of nitrogens with zero attached hydrogens (tertiary/aromatic N) is 3. The molecule has 9 nitrogen and oxygen atoms in total. The third kappa shape index (κ3) is 6.59. The molecule has 0 fully saturated rings. The third-order valence-electron chi connectivity index (χ3n) is 6.70. The molecule has 0 amide bonds. The Balaban J connectivity index is 1.37. The zero-order chi connectivity index (χ0) is 29.9. The zero-order valence-corrected chi connectivity index (χ0v) is 24.5. The minimum atomic E-state index is -3.88. The number of Topliss-reactive ketones (excluding diaryl/α,β-unsaturated/α-hetero) is 1. The first kappa shape index (κ1) is 29.2. The van der Waals surface area contributed by atoms with E-state index in [1.54, 1.807) is 48.5 Å².